The summed E-state index contributed by atoms with van der Waals surface area (Å²) in [5.41, 5.74) is 3.04. The van der Waals surface area contributed by atoms with E-state index in [0.717, 1.165) is 0 Å². The Morgan fingerprint density at radius 1 is 1.00 bits per heavy atom. The summed E-state index contributed by atoms with van der Waals surface area (Å²) in [6.07, 6.45) is 3.23. The summed E-state index contributed by atoms with van der Waals surface area (Å²) in [6.45, 7) is 0. The molecule has 4 aromatic rings. The van der Waals surface area contributed by atoms with E-state index in [-0.39, 0.29) is 17.6 Å². The summed E-state index contributed by atoms with van der Waals surface area (Å²) in [6, 6.07) is 17.1. The van der Waals surface area contributed by atoms with E-state index in [1.807, 2.05) is 5.38 Å². The van der Waals surface area contributed by atoms with Gasteiger partial charge >= 0.3 is 0 Å². The Morgan fingerprint density at radius 2 is 1.88 bits per heavy atom. The fourth-order valence-electron chi connectivity index (χ4n) is 3.46. The number of nitrogens with one attached hydrogen (secondary N) is 4. The van der Waals surface area contributed by atoms with Crippen LogP contribution < -0.4 is 16.0 Å². The van der Waals surface area contributed by atoms with Gasteiger partial charge in [-0.2, -0.15) is 5.10 Å². The fraction of sp³-hybridized carbons (Fsp3) is 0. The van der Waals surface area contributed by atoms with Crippen LogP contribution in [0, 0.1) is 0 Å². The van der Waals surface area contributed by atoms with Crippen molar-refractivity contribution in [1.82, 2.24) is 10.2 Å². The minimum absolute atomic E-state index is 0.219. The number of hydrogen-bond donors (Lipinski definition) is 4. The van der Waals surface area contributed by atoms with Crippen molar-refractivity contribution in [3.8, 4) is 0 Å². The fourth-order valence-corrected chi connectivity index (χ4v) is 4.08. The number of benzene rings is 2. The Balaban J connectivity index is 1.39. The zero-order valence-electron chi connectivity index (χ0n) is 17.1. The molecule has 162 valence electrons. The summed E-state index contributed by atoms with van der Waals surface area (Å²) >= 11 is 1.34. The van der Waals surface area contributed by atoms with Gasteiger partial charge in [-0.1, -0.05) is 18.2 Å². The standard InChI is InChI=1S/C24H17N5O3S/c30-22(14-3-1-4-16(11-14)27-24(32)20-5-2-10-33-20)15-6-7-19-17(12-15)18(23(31)28-19)13-25-21-8-9-26-29-21/h1-13H,(H,27,32)(H,28,31)(H2,25,26,29)/b18-13-. The smallest absolute Gasteiger partial charge is 0.265 e. The number of rotatable bonds is 6. The first-order valence-electron chi connectivity index (χ1n) is 10.0. The van der Waals surface area contributed by atoms with Gasteiger partial charge in [0, 0.05) is 46.5 Å². The topological polar surface area (TPSA) is 116 Å². The van der Waals surface area contributed by atoms with Crippen LogP contribution in [0.15, 0.2) is 78.4 Å². The lowest BCUT2D eigenvalue weighted by Gasteiger charge is -2.08. The van der Waals surface area contributed by atoms with Crippen LogP contribution in [-0.2, 0) is 4.79 Å². The zero-order chi connectivity index (χ0) is 22.8. The molecule has 1 aliphatic heterocycles. The van der Waals surface area contributed by atoms with E-state index in [2.05, 4.69) is 26.1 Å². The van der Waals surface area contributed by atoms with Crippen molar-refractivity contribution >= 4 is 51.7 Å². The normalized spacial score (nSPS) is 13.5. The van der Waals surface area contributed by atoms with Gasteiger partial charge in [0.25, 0.3) is 11.8 Å². The number of H-pyrrole nitrogens is 1. The first-order chi connectivity index (χ1) is 16.1. The number of fused-ring (bicyclic) bond motifs is 1. The second-order valence-corrected chi connectivity index (χ2v) is 8.17. The van der Waals surface area contributed by atoms with Crippen LogP contribution in [0.5, 0.6) is 0 Å². The molecule has 0 bridgehead atoms. The van der Waals surface area contributed by atoms with Gasteiger partial charge in [0.2, 0.25) is 0 Å². The number of ketones is 1. The van der Waals surface area contributed by atoms with Crippen molar-refractivity contribution in [2.75, 3.05) is 16.0 Å². The second-order valence-electron chi connectivity index (χ2n) is 7.22. The molecule has 8 nitrogen and oxygen atoms in total. The van der Waals surface area contributed by atoms with Crippen molar-refractivity contribution < 1.29 is 14.4 Å². The Hall–Kier alpha value is -4.50. The molecule has 2 amide bonds. The van der Waals surface area contributed by atoms with Crippen LogP contribution in [0.3, 0.4) is 0 Å². The van der Waals surface area contributed by atoms with Crippen LogP contribution in [0.25, 0.3) is 5.57 Å². The van der Waals surface area contributed by atoms with Gasteiger partial charge in [-0.05, 0) is 41.8 Å². The third kappa shape index (κ3) is 4.17. The lowest BCUT2D eigenvalue weighted by atomic mass is 9.98. The molecule has 1 aliphatic rings. The van der Waals surface area contributed by atoms with Crippen molar-refractivity contribution in [3.05, 3.63) is 100 Å². The number of carbonyl (C=O) groups excluding carboxylic acids is 3. The highest BCUT2D eigenvalue weighted by atomic mass is 32.1. The van der Waals surface area contributed by atoms with Gasteiger partial charge in [0.05, 0.1) is 10.5 Å². The molecule has 3 heterocycles. The van der Waals surface area contributed by atoms with Crippen molar-refractivity contribution in [3.63, 3.8) is 0 Å². The molecule has 5 rings (SSSR count). The maximum absolute atomic E-state index is 13.2. The zero-order valence-corrected chi connectivity index (χ0v) is 17.9. The molecule has 0 radical (unpaired) electrons. The second kappa shape index (κ2) is 8.56. The largest absolute Gasteiger partial charge is 0.344 e. The summed E-state index contributed by atoms with van der Waals surface area (Å²) in [4.78, 5) is 38.5. The molecule has 2 aromatic carbocycles. The van der Waals surface area contributed by atoms with E-state index in [1.54, 1.807) is 73.1 Å². The van der Waals surface area contributed by atoms with Gasteiger partial charge < -0.3 is 16.0 Å². The Bertz CT molecular complexity index is 1390. The van der Waals surface area contributed by atoms with E-state index in [0.29, 0.717) is 44.3 Å². The molecule has 33 heavy (non-hydrogen) atoms. The van der Waals surface area contributed by atoms with Gasteiger partial charge in [0.15, 0.2) is 11.6 Å². The molecule has 0 saturated carbocycles. The third-order valence-electron chi connectivity index (χ3n) is 5.06. The van der Waals surface area contributed by atoms with Crippen molar-refractivity contribution in [2.24, 2.45) is 0 Å². The molecular weight excluding hydrogens is 438 g/mol. The number of hydrogen-bond acceptors (Lipinski definition) is 6. The minimum atomic E-state index is -0.268. The SMILES string of the molecule is O=C1Nc2ccc(C(=O)c3cccc(NC(=O)c4cccs4)c3)cc2/C1=C/Nc1cc[nH]n1. The van der Waals surface area contributed by atoms with E-state index < -0.39 is 0 Å². The average molecular weight is 455 g/mol. The molecule has 2 aromatic heterocycles. The molecule has 9 heteroatoms. The lowest BCUT2D eigenvalue weighted by molar-refractivity contribution is -0.110. The van der Waals surface area contributed by atoms with Crippen LogP contribution in [-0.4, -0.2) is 27.8 Å². The Kier molecular flexibility index (Phi) is 5.29. The molecule has 4 N–H and O–H groups in total. The highest BCUT2D eigenvalue weighted by Crippen LogP contribution is 2.33. The quantitative estimate of drug-likeness (QED) is 0.255. The predicted octanol–water partition coefficient (Wildman–Crippen LogP) is 4.36. The maximum Gasteiger partial charge on any atom is 0.265 e. The summed E-state index contributed by atoms with van der Waals surface area (Å²) in [5, 5.41) is 17.1. The number of thiophene rings is 1. The minimum Gasteiger partial charge on any atom is -0.344 e. The maximum atomic E-state index is 13.2. The Morgan fingerprint density at radius 3 is 2.67 bits per heavy atom. The lowest BCUT2D eigenvalue weighted by Crippen LogP contribution is -2.11. The molecule has 0 spiro atoms. The van der Waals surface area contributed by atoms with Gasteiger partial charge in [-0.3, -0.25) is 19.5 Å². The van der Waals surface area contributed by atoms with Gasteiger partial charge in [-0.25, -0.2) is 0 Å². The third-order valence-corrected chi connectivity index (χ3v) is 5.93. The first-order valence-corrected chi connectivity index (χ1v) is 10.9. The van der Waals surface area contributed by atoms with Gasteiger partial charge in [0.1, 0.15) is 0 Å². The molecule has 0 aliphatic carbocycles. The van der Waals surface area contributed by atoms with E-state index >= 15 is 0 Å². The number of aromatic nitrogens is 2. The van der Waals surface area contributed by atoms with Crippen LogP contribution in [0.2, 0.25) is 0 Å². The highest BCUT2D eigenvalue weighted by molar-refractivity contribution is 7.12. The van der Waals surface area contributed by atoms with Crippen molar-refractivity contribution in [1.29, 1.82) is 0 Å². The van der Waals surface area contributed by atoms with Crippen molar-refractivity contribution in [2.45, 2.75) is 0 Å². The van der Waals surface area contributed by atoms with E-state index in [9.17, 15) is 14.4 Å². The van der Waals surface area contributed by atoms with Crippen LogP contribution in [0.1, 0.15) is 31.2 Å². The van der Waals surface area contributed by atoms with Crippen LogP contribution >= 0.6 is 11.3 Å². The molecule has 0 fully saturated rings. The molecule has 0 atom stereocenters. The Labute approximate surface area is 192 Å². The van der Waals surface area contributed by atoms with Gasteiger partial charge in [-0.15, -0.1) is 11.3 Å². The molecule has 0 saturated heterocycles. The molecule has 0 unspecified atom stereocenters. The summed E-state index contributed by atoms with van der Waals surface area (Å²) in [7, 11) is 0. The average Bonchev–Trinajstić information content (AvgIpc) is 3.58. The number of anilines is 3. The molecular formula is C24H17N5O3S. The van der Waals surface area contributed by atoms with E-state index in [4.69, 9.17) is 0 Å². The highest BCUT2D eigenvalue weighted by Gasteiger charge is 2.25. The van der Waals surface area contributed by atoms with Crippen LogP contribution in [0.4, 0.5) is 17.2 Å². The van der Waals surface area contributed by atoms with E-state index in [1.165, 1.54) is 11.3 Å². The first kappa shape index (κ1) is 20.4. The number of amides is 2. The predicted molar refractivity (Wildman–Crippen MR) is 127 cm³/mol. The monoisotopic (exact) mass is 455 g/mol. The summed E-state index contributed by atoms with van der Waals surface area (Å²) < 4.78 is 0. The number of nitrogens with zero attached hydrogens (tertiary/aromatic N) is 1. The number of aromatic amines is 1. The summed E-state index contributed by atoms with van der Waals surface area (Å²) in [5.74, 6) is -0.145. The number of carbonyl (C=O) groups is 3.